The Balaban J connectivity index is 1.98. The van der Waals surface area contributed by atoms with Gasteiger partial charge in [0.15, 0.2) is 0 Å². The first-order chi connectivity index (χ1) is 12.5. The summed E-state index contributed by atoms with van der Waals surface area (Å²) in [5.41, 5.74) is 1.95. The van der Waals surface area contributed by atoms with Crippen molar-refractivity contribution in [3.8, 4) is 11.3 Å². The first kappa shape index (κ1) is 18.5. The van der Waals surface area contributed by atoms with Gasteiger partial charge in [-0.2, -0.15) is 4.98 Å². The van der Waals surface area contributed by atoms with Crippen LogP contribution in [0.5, 0.6) is 0 Å². The quantitative estimate of drug-likeness (QED) is 0.472. The number of halogens is 2. The maximum absolute atomic E-state index is 14.2. The lowest BCUT2D eigenvalue weighted by atomic mass is 10.1. The highest BCUT2D eigenvalue weighted by atomic mass is 127. The van der Waals surface area contributed by atoms with Crippen molar-refractivity contribution in [3.05, 3.63) is 64.0 Å². The Hall–Kier alpha value is -2.26. The molecule has 0 aliphatic heterocycles. The summed E-state index contributed by atoms with van der Waals surface area (Å²) in [6.45, 7) is 1.78. The lowest BCUT2D eigenvalue weighted by Gasteiger charge is -2.14. The summed E-state index contributed by atoms with van der Waals surface area (Å²) >= 11 is 2.06. The molecule has 0 unspecified atom stereocenters. The molecule has 0 saturated heterocycles. The summed E-state index contributed by atoms with van der Waals surface area (Å²) in [6.07, 6.45) is 0. The van der Waals surface area contributed by atoms with Gasteiger partial charge in [-0.15, -0.1) is 0 Å². The largest absolute Gasteiger partial charge is 0.394 e. The third-order valence-corrected chi connectivity index (χ3v) is 4.31. The van der Waals surface area contributed by atoms with Crippen molar-refractivity contribution in [3.63, 3.8) is 0 Å². The first-order valence-corrected chi connectivity index (χ1v) is 9.17. The Bertz CT molecular complexity index is 892. The molecule has 0 spiro atoms. The topological polar surface area (TPSA) is 70.1 Å². The molecule has 3 aromatic rings. The third kappa shape index (κ3) is 4.67. The van der Waals surface area contributed by atoms with Gasteiger partial charge >= 0.3 is 0 Å². The van der Waals surface area contributed by atoms with Crippen molar-refractivity contribution >= 4 is 40.0 Å². The number of anilines is 3. The van der Waals surface area contributed by atoms with Crippen LogP contribution in [0.3, 0.4) is 0 Å². The predicted molar refractivity (Wildman–Crippen MR) is 110 cm³/mol. The Morgan fingerprint density at radius 1 is 1.12 bits per heavy atom. The lowest BCUT2D eigenvalue weighted by molar-refractivity contribution is 0.281. The van der Waals surface area contributed by atoms with Gasteiger partial charge in [-0.05, 0) is 47.7 Å². The van der Waals surface area contributed by atoms with Crippen LogP contribution in [0.4, 0.5) is 21.8 Å². The number of hydrogen-bond acceptors (Lipinski definition) is 5. The molecule has 7 heteroatoms. The summed E-state index contributed by atoms with van der Waals surface area (Å²) in [4.78, 5) is 8.89. The standard InChI is InChI=1S/C19H18FIN4O/c1-12(11-26)22-19-24-17(13-5-3-2-4-6-13)10-18(25-19)23-16-8-7-14(21)9-15(16)20/h2-10,12,26H,11H2,1H3,(H2,22,23,24,25)/t12-/m0/s1. The number of nitrogens with zero attached hydrogens (tertiary/aromatic N) is 2. The fraction of sp³-hybridized carbons (Fsp3) is 0.158. The summed E-state index contributed by atoms with van der Waals surface area (Å²) < 4.78 is 15.0. The molecule has 3 N–H and O–H groups in total. The zero-order valence-electron chi connectivity index (χ0n) is 14.1. The minimum atomic E-state index is -0.352. The van der Waals surface area contributed by atoms with E-state index < -0.39 is 0 Å². The van der Waals surface area contributed by atoms with Gasteiger partial charge in [0, 0.05) is 21.2 Å². The Morgan fingerprint density at radius 3 is 2.58 bits per heavy atom. The van der Waals surface area contributed by atoms with Crippen LogP contribution in [0.1, 0.15) is 6.92 Å². The zero-order chi connectivity index (χ0) is 18.5. The molecule has 0 radical (unpaired) electrons. The molecule has 0 fully saturated rings. The predicted octanol–water partition coefficient (Wildman–Crippen LogP) is 4.42. The molecule has 1 heterocycles. The number of aromatic nitrogens is 2. The van der Waals surface area contributed by atoms with E-state index in [1.54, 1.807) is 12.1 Å². The summed E-state index contributed by atoms with van der Waals surface area (Å²) in [6, 6.07) is 16.2. The maximum atomic E-state index is 14.2. The number of rotatable bonds is 6. The smallest absolute Gasteiger partial charge is 0.225 e. The second-order valence-electron chi connectivity index (χ2n) is 5.81. The normalized spacial score (nSPS) is 11.8. The average molecular weight is 464 g/mol. The highest BCUT2D eigenvalue weighted by molar-refractivity contribution is 14.1. The number of hydrogen-bond donors (Lipinski definition) is 3. The highest BCUT2D eigenvalue weighted by Gasteiger charge is 2.11. The number of nitrogens with one attached hydrogen (secondary N) is 2. The highest BCUT2D eigenvalue weighted by Crippen LogP contribution is 2.25. The van der Waals surface area contributed by atoms with E-state index in [9.17, 15) is 9.50 Å². The molecule has 5 nitrogen and oxygen atoms in total. The summed E-state index contributed by atoms with van der Waals surface area (Å²) in [7, 11) is 0. The lowest BCUT2D eigenvalue weighted by Crippen LogP contribution is -2.21. The molecule has 2 aromatic carbocycles. The monoisotopic (exact) mass is 464 g/mol. The molecule has 0 amide bonds. The van der Waals surface area contributed by atoms with E-state index in [1.807, 2.05) is 43.3 Å². The van der Waals surface area contributed by atoms with Crippen molar-refractivity contribution < 1.29 is 9.50 Å². The summed E-state index contributed by atoms with van der Waals surface area (Å²) in [5, 5.41) is 15.3. The van der Waals surface area contributed by atoms with Gasteiger partial charge in [0.2, 0.25) is 5.95 Å². The number of aliphatic hydroxyl groups excluding tert-OH is 1. The van der Waals surface area contributed by atoms with Gasteiger partial charge in [-0.3, -0.25) is 0 Å². The molecule has 0 saturated carbocycles. The van der Waals surface area contributed by atoms with Crippen molar-refractivity contribution in [2.24, 2.45) is 0 Å². The van der Waals surface area contributed by atoms with Crippen molar-refractivity contribution in [1.82, 2.24) is 9.97 Å². The fourth-order valence-electron chi connectivity index (χ4n) is 2.33. The van der Waals surface area contributed by atoms with Gasteiger partial charge in [-0.25, -0.2) is 9.37 Å². The minimum absolute atomic E-state index is 0.0482. The van der Waals surface area contributed by atoms with E-state index in [-0.39, 0.29) is 18.5 Å². The van der Waals surface area contributed by atoms with Crippen LogP contribution in [0.2, 0.25) is 0 Å². The molecule has 3 rings (SSSR count). The first-order valence-electron chi connectivity index (χ1n) is 8.09. The molecule has 1 aromatic heterocycles. The van der Waals surface area contributed by atoms with Gasteiger partial charge in [0.05, 0.1) is 18.0 Å². The van der Waals surface area contributed by atoms with Crippen LogP contribution in [-0.4, -0.2) is 27.7 Å². The minimum Gasteiger partial charge on any atom is -0.394 e. The molecule has 0 aliphatic rings. The molecular weight excluding hydrogens is 446 g/mol. The van der Waals surface area contributed by atoms with Crippen LogP contribution in [0.25, 0.3) is 11.3 Å². The van der Waals surface area contributed by atoms with Gasteiger partial charge < -0.3 is 15.7 Å². The van der Waals surface area contributed by atoms with Crippen LogP contribution in [0, 0.1) is 9.39 Å². The van der Waals surface area contributed by atoms with E-state index in [0.29, 0.717) is 23.1 Å². The van der Waals surface area contributed by atoms with Crippen LogP contribution >= 0.6 is 22.6 Å². The Kier molecular flexibility index (Phi) is 6.00. The molecular formula is C19H18FIN4O. The molecule has 134 valence electrons. The van der Waals surface area contributed by atoms with Gasteiger partial charge in [0.25, 0.3) is 0 Å². The SMILES string of the molecule is C[C@@H](CO)Nc1nc(Nc2ccc(I)cc2F)cc(-c2ccccc2)n1. The van der Waals surface area contributed by atoms with Gasteiger partial charge in [0.1, 0.15) is 11.6 Å². The third-order valence-electron chi connectivity index (χ3n) is 3.64. The Morgan fingerprint density at radius 2 is 1.88 bits per heavy atom. The van der Waals surface area contributed by atoms with E-state index >= 15 is 0 Å². The van der Waals surface area contributed by atoms with Crippen LogP contribution in [0.15, 0.2) is 54.6 Å². The maximum Gasteiger partial charge on any atom is 0.225 e. The van der Waals surface area contributed by atoms with Crippen LogP contribution < -0.4 is 10.6 Å². The molecule has 26 heavy (non-hydrogen) atoms. The second-order valence-corrected chi connectivity index (χ2v) is 7.05. The van der Waals surface area contributed by atoms with Gasteiger partial charge in [-0.1, -0.05) is 30.3 Å². The van der Waals surface area contributed by atoms with E-state index in [1.165, 1.54) is 6.07 Å². The molecule has 1 atom stereocenters. The molecule has 0 aliphatic carbocycles. The van der Waals surface area contributed by atoms with Crippen molar-refractivity contribution in [2.75, 3.05) is 17.2 Å². The van der Waals surface area contributed by atoms with E-state index in [4.69, 9.17) is 0 Å². The molecule has 0 bridgehead atoms. The van der Waals surface area contributed by atoms with Crippen molar-refractivity contribution in [1.29, 1.82) is 0 Å². The zero-order valence-corrected chi connectivity index (χ0v) is 16.2. The summed E-state index contributed by atoms with van der Waals surface area (Å²) in [5.74, 6) is 0.475. The van der Waals surface area contributed by atoms with E-state index in [2.05, 4.69) is 43.2 Å². The second kappa shape index (κ2) is 8.41. The fourth-order valence-corrected chi connectivity index (χ4v) is 2.78. The van der Waals surface area contributed by atoms with Crippen LogP contribution in [-0.2, 0) is 0 Å². The Labute approximate surface area is 164 Å². The number of aliphatic hydroxyl groups is 1. The van der Waals surface area contributed by atoms with E-state index in [0.717, 1.165) is 9.13 Å². The number of benzene rings is 2. The average Bonchev–Trinajstić information content (AvgIpc) is 2.64. The van der Waals surface area contributed by atoms with Crippen molar-refractivity contribution in [2.45, 2.75) is 13.0 Å².